The number of aryl methyl sites for hydroxylation is 2. The molecule has 29 heavy (non-hydrogen) atoms. The lowest BCUT2D eigenvalue weighted by molar-refractivity contribution is -0.127. The van der Waals surface area contributed by atoms with E-state index in [1.807, 2.05) is 12.1 Å². The summed E-state index contributed by atoms with van der Waals surface area (Å²) in [6, 6.07) is 5.85. The summed E-state index contributed by atoms with van der Waals surface area (Å²) in [4.78, 5) is 13.2. The van der Waals surface area contributed by atoms with Crippen LogP contribution in [0.1, 0.15) is 63.5 Å². The van der Waals surface area contributed by atoms with E-state index in [9.17, 15) is 13.2 Å². The number of carbonyl (C=O) groups is 1. The van der Waals surface area contributed by atoms with Crippen molar-refractivity contribution in [1.29, 1.82) is 0 Å². The van der Waals surface area contributed by atoms with E-state index in [-0.39, 0.29) is 17.9 Å². The molecule has 1 saturated heterocycles. The lowest BCUT2D eigenvalue weighted by Gasteiger charge is -2.36. The molecule has 0 aromatic heterocycles. The molecule has 1 saturated carbocycles. The largest absolute Gasteiger partial charge is 0.353 e. The standard InChI is InChI=1S/C23H34N2O3S/c1-16-5-3-8-22(17(16)2)24-23(26)19-11-13-25(14-12-19)29(27,28)21-10-9-18-6-4-7-20(18)15-21/h9-10,15-17,19,22H,3-8,11-14H2,1-2H3,(H,24,26)/t16-,17-,22+/m1/s1. The first kappa shape index (κ1) is 20.9. The Morgan fingerprint density at radius 1 is 1.00 bits per heavy atom. The summed E-state index contributed by atoms with van der Waals surface area (Å²) in [5.74, 6) is 1.19. The fourth-order valence-electron chi connectivity index (χ4n) is 5.30. The minimum atomic E-state index is -3.47. The van der Waals surface area contributed by atoms with Gasteiger partial charge in [0.15, 0.2) is 0 Å². The van der Waals surface area contributed by atoms with Crippen LogP contribution in [0.2, 0.25) is 0 Å². The molecule has 1 aromatic carbocycles. The molecule has 1 amide bonds. The second-order valence-corrected chi connectivity index (χ2v) is 11.3. The highest BCUT2D eigenvalue weighted by Crippen LogP contribution is 2.31. The number of piperidine rings is 1. The Morgan fingerprint density at radius 3 is 2.48 bits per heavy atom. The van der Waals surface area contributed by atoms with Gasteiger partial charge in [0.1, 0.15) is 0 Å². The summed E-state index contributed by atoms with van der Waals surface area (Å²) in [5, 5.41) is 3.28. The number of benzene rings is 1. The van der Waals surface area contributed by atoms with Crippen molar-refractivity contribution >= 4 is 15.9 Å². The van der Waals surface area contributed by atoms with Gasteiger partial charge in [-0.05, 0) is 73.6 Å². The monoisotopic (exact) mass is 418 g/mol. The Balaban J connectivity index is 1.35. The molecule has 1 aromatic rings. The predicted molar refractivity (Wildman–Crippen MR) is 114 cm³/mol. The van der Waals surface area contributed by atoms with Gasteiger partial charge in [-0.1, -0.05) is 32.8 Å². The van der Waals surface area contributed by atoms with Crippen LogP contribution in [0.3, 0.4) is 0 Å². The average molecular weight is 419 g/mol. The molecule has 0 bridgehead atoms. The Bertz CT molecular complexity index is 859. The average Bonchev–Trinajstić information content (AvgIpc) is 3.19. The SMILES string of the molecule is C[C@@H]1[C@H](C)CCC[C@@H]1NC(=O)C1CCN(S(=O)(=O)c2ccc3c(c2)CCC3)CC1. The van der Waals surface area contributed by atoms with E-state index in [0.717, 1.165) is 25.7 Å². The first-order valence-corrected chi connectivity index (χ1v) is 12.7. The van der Waals surface area contributed by atoms with Gasteiger partial charge in [0, 0.05) is 25.0 Å². The molecule has 0 spiro atoms. The number of hydrogen-bond acceptors (Lipinski definition) is 3. The molecule has 6 heteroatoms. The van der Waals surface area contributed by atoms with E-state index in [1.165, 1.54) is 24.0 Å². The van der Waals surface area contributed by atoms with Crippen molar-refractivity contribution in [2.45, 2.75) is 76.2 Å². The molecular weight excluding hydrogens is 384 g/mol. The summed E-state index contributed by atoms with van der Waals surface area (Å²) >= 11 is 0. The maximum absolute atomic E-state index is 13.1. The fourth-order valence-corrected chi connectivity index (χ4v) is 6.82. The van der Waals surface area contributed by atoms with Gasteiger partial charge in [-0.15, -0.1) is 0 Å². The molecule has 2 aliphatic carbocycles. The van der Waals surface area contributed by atoms with Crippen LogP contribution in [-0.4, -0.2) is 37.8 Å². The van der Waals surface area contributed by atoms with Crippen molar-refractivity contribution in [3.05, 3.63) is 29.3 Å². The summed E-state index contributed by atoms with van der Waals surface area (Å²) in [5.41, 5.74) is 2.46. The first-order chi connectivity index (χ1) is 13.9. The maximum atomic E-state index is 13.1. The third-order valence-electron chi connectivity index (χ3n) is 7.57. The fraction of sp³-hybridized carbons (Fsp3) is 0.696. The molecule has 4 rings (SSSR count). The molecule has 160 valence electrons. The van der Waals surface area contributed by atoms with Gasteiger partial charge in [0.25, 0.3) is 0 Å². The number of nitrogens with one attached hydrogen (secondary N) is 1. The summed E-state index contributed by atoms with van der Waals surface area (Å²) in [7, 11) is -3.47. The number of rotatable bonds is 4. The highest BCUT2D eigenvalue weighted by Gasteiger charge is 2.35. The molecule has 0 unspecified atom stereocenters. The van der Waals surface area contributed by atoms with Gasteiger partial charge >= 0.3 is 0 Å². The van der Waals surface area contributed by atoms with Crippen LogP contribution in [0.25, 0.3) is 0 Å². The van der Waals surface area contributed by atoms with Crippen LogP contribution < -0.4 is 5.32 Å². The molecule has 5 nitrogen and oxygen atoms in total. The zero-order valence-corrected chi connectivity index (χ0v) is 18.5. The Kier molecular flexibility index (Phi) is 6.03. The van der Waals surface area contributed by atoms with Crippen molar-refractivity contribution < 1.29 is 13.2 Å². The molecule has 1 N–H and O–H groups in total. The lowest BCUT2D eigenvalue weighted by Crippen LogP contribution is -2.48. The van der Waals surface area contributed by atoms with Gasteiger partial charge in [-0.25, -0.2) is 8.42 Å². The maximum Gasteiger partial charge on any atom is 0.243 e. The second-order valence-electron chi connectivity index (χ2n) is 9.34. The van der Waals surface area contributed by atoms with Crippen LogP contribution >= 0.6 is 0 Å². The summed E-state index contributed by atoms with van der Waals surface area (Å²) in [6.07, 6.45) is 7.81. The lowest BCUT2D eigenvalue weighted by atomic mass is 9.78. The third-order valence-corrected chi connectivity index (χ3v) is 9.46. The molecule has 3 aliphatic rings. The van der Waals surface area contributed by atoms with Crippen molar-refractivity contribution in [1.82, 2.24) is 9.62 Å². The second kappa shape index (κ2) is 8.38. The predicted octanol–water partition coefficient (Wildman–Crippen LogP) is 3.52. The molecule has 0 radical (unpaired) electrons. The van der Waals surface area contributed by atoms with Crippen LogP contribution in [0, 0.1) is 17.8 Å². The normalized spacial score (nSPS) is 28.8. The topological polar surface area (TPSA) is 66.5 Å². The molecule has 2 fully saturated rings. The van der Waals surface area contributed by atoms with Crippen molar-refractivity contribution in [3.8, 4) is 0 Å². The van der Waals surface area contributed by atoms with Gasteiger partial charge in [-0.2, -0.15) is 4.31 Å². The smallest absolute Gasteiger partial charge is 0.243 e. The third kappa shape index (κ3) is 4.24. The van der Waals surface area contributed by atoms with Gasteiger partial charge < -0.3 is 5.32 Å². The van der Waals surface area contributed by atoms with E-state index >= 15 is 0 Å². The van der Waals surface area contributed by atoms with Gasteiger partial charge in [0.05, 0.1) is 4.90 Å². The van der Waals surface area contributed by atoms with Crippen LogP contribution in [0.5, 0.6) is 0 Å². The number of hydrogen-bond donors (Lipinski definition) is 1. The Labute approximate surface area is 175 Å². The number of fused-ring (bicyclic) bond motifs is 1. The molecular formula is C23H34N2O3S. The van der Waals surface area contributed by atoms with E-state index in [1.54, 1.807) is 10.4 Å². The molecule has 3 atom stereocenters. The summed E-state index contributed by atoms with van der Waals surface area (Å²) in [6.45, 7) is 5.36. The zero-order valence-electron chi connectivity index (χ0n) is 17.7. The highest BCUT2D eigenvalue weighted by molar-refractivity contribution is 7.89. The minimum absolute atomic E-state index is 0.0779. The Morgan fingerprint density at radius 2 is 1.72 bits per heavy atom. The zero-order chi connectivity index (χ0) is 20.6. The number of amides is 1. The summed E-state index contributed by atoms with van der Waals surface area (Å²) < 4.78 is 27.7. The van der Waals surface area contributed by atoms with Crippen molar-refractivity contribution in [2.75, 3.05) is 13.1 Å². The van der Waals surface area contributed by atoms with Crippen molar-refractivity contribution in [2.24, 2.45) is 17.8 Å². The molecule has 1 heterocycles. The van der Waals surface area contributed by atoms with Gasteiger partial charge in [-0.3, -0.25) is 4.79 Å². The van der Waals surface area contributed by atoms with Crippen LogP contribution in [0.15, 0.2) is 23.1 Å². The highest BCUT2D eigenvalue weighted by atomic mass is 32.2. The quantitative estimate of drug-likeness (QED) is 0.814. The van der Waals surface area contributed by atoms with E-state index in [2.05, 4.69) is 19.2 Å². The number of sulfonamides is 1. The van der Waals surface area contributed by atoms with Crippen molar-refractivity contribution in [3.63, 3.8) is 0 Å². The van der Waals surface area contributed by atoms with Gasteiger partial charge in [0.2, 0.25) is 15.9 Å². The van der Waals surface area contributed by atoms with Crippen LogP contribution in [0.4, 0.5) is 0 Å². The number of carbonyl (C=O) groups excluding carboxylic acids is 1. The van der Waals surface area contributed by atoms with E-state index < -0.39 is 10.0 Å². The molecule has 1 aliphatic heterocycles. The van der Waals surface area contributed by atoms with Crippen LogP contribution in [-0.2, 0) is 27.7 Å². The number of nitrogens with zero attached hydrogens (tertiary/aromatic N) is 1. The van der Waals surface area contributed by atoms with E-state index in [0.29, 0.717) is 42.7 Å². The van der Waals surface area contributed by atoms with E-state index in [4.69, 9.17) is 0 Å². The first-order valence-electron chi connectivity index (χ1n) is 11.3. The minimum Gasteiger partial charge on any atom is -0.353 e. The Hall–Kier alpha value is -1.40.